The van der Waals surface area contributed by atoms with Crippen LogP contribution in [0.15, 0.2) is 30.3 Å². The summed E-state index contributed by atoms with van der Waals surface area (Å²) < 4.78 is 1.07. The first kappa shape index (κ1) is 12.9. The number of aromatic hydroxyl groups is 1. The molecule has 0 saturated heterocycles. The summed E-state index contributed by atoms with van der Waals surface area (Å²) in [5.74, 6) is 1.11. The zero-order valence-electron chi connectivity index (χ0n) is 11.3. The lowest BCUT2D eigenvalue weighted by Crippen LogP contribution is -1.97. The molecule has 0 spiro atoms. The number of rotatable bonds is 3. The van der Waals surface area contributed by atoms with Gasteiger partial charge in [0.2, 0.25) is 0 Å². The highest BCUT2D eigenvalue weighted by Crippen LogP contribution is 2.33. The highest BCUT2D eigenvalue weighted by atomic mass is 32.1. The van der Waals surface area contributed by atoms with E-state index in [9.17, 15) is 5.11 Å². The normalized spacial score (nSPS) is 10.9. The monoisotopic (exact) mass is 285 g/mol. The number of hydrogen-bond donors (Lipinski definition) is 2. The molecule has 2 aromatic heterocycles. The van der Waals surface area contributed by atoms with Crippen LogP contribution in [-0.4, -0.2) is 22.1 Å². The van der Waals surface area contributed by atoms with E-state index >= 15 is 0 Å². The molecule has 0 atom stereocenters. The molecule has 0 amide bonds. The highest BCUT2D eigenvalue weighted by Gasteiger charge is 2.11. The number of benzene rings is 1. The Balaban J connectivity index is 2.14. The lowest BCUT2D eigenvalue weighted by Gasteiger charge is -2.06. The number of phenolic OH excluding ortho intramolecular Hbond substituents is 1. The van der Waals surface area contributed by atoms with E-state index in [1.54, 1.807) is 23.5 Å². The van der Waals surface area contributed by atoms with Gasteiger partial charge < -0.3 is 10.4 Å². The van der Waals surface area contributed by atoms with E-state index in [0.29, 0.717) is 0 Å². The molecule has 0 radical (unpaired) electrons. The van der Waals surface area contributed by atoms with Crippen molar-refractivity contribution in [2.24, 2.45) is 0 Å². The Kier molecular flexibility index (Phi) is 3.28. The highest BCUT2D eigenvalue weighted by molar-refractivity contribution is 7.21. The summed E-state index contributed by atoms with van der Waals surface area (Å²) in [6, 6.07) is 9.28. The van der Waals surface area contributed by atoms with Gasteiger partial charge in [0.05, 0.1) is 15.9 Å². The Hall–Kier alpha value is -2.14. The molecule has 3 rings (SSSR count). The number of nitrogens with zero attached hydrogens (tertiary/aromatic N) is 2. The number of anilines is 1. The summed E-state index contributed by atoms with van der Waals surface area (Å²) in [6.07, 6.45) is 0.853. The average Bonchev–Trinajstić information content (AvgIpc) is 2.89. The maximum atomic E-state index is 9.52. The predicted octanol–water partition coefficient (Wildman–Crippen LogP) is 3.67. The van der Waals surface area contributed by atoms with E-state index in [1.807, 2.05) is 19.2 Å². The summed E-state index contributed by atoms with van der Waals surface area (Å²) in [7, 11) is 1.86. The molecular weight excluding hydrogens is 270 g/mol. The molecule has 0 fully saturated rings. The minimum Gasteiger partial charge on any atom is -0.508 e. The van der Waals surface area contributed by atoms with Crippen molar-refractivity contribution >= 4 is 27.4 Å². The maximum absolute atomic E-state index is 9.52. The molecule has 2 heterocycles. The number of thiazole rings is 1. The Morgan fingerprint density at radius 2 is 2.05 bits per heavy atom. The first-order valence-electron chi connectivity index (χ1n) is 6.49. The quantitative estimate of drug-likeness (QED) is 0.771. The van der Waals surface area contributed by atoms with E-state index in [2.05, 4.69) is 28.3 Å². The van der Waals surface area contributed by atoms with Gasteiger partial charge in [-0.25, -0.2) is 9.97 Å². The molecule has 102 valence electrons. The van der Waals surface area contributed by atoms with Crippen molar-refractivity contribution in [3.8, 4) is 16.3 Å². The summed E-state index contributed by atoms with van der Waals surface area (Å²) >= 11 is 1.62. The Bertz CT molecular complexity index is 767. The molecule has 4 nitrogen and oxygen atoms in total. The number of hydrogen-bond acceptors (Lipinski definition) is 5. The fourth-order valence-electron chi connectivity index (χ4n) is 2.14. The standard InChI is InChI=1S/C15H15N3OS/c1-3-11-10(5-7-14(16-2)17-11)15-18-12-8-9(19)4-6-13(12)20-15/h4-8,19H,3H2,1-2H3,(H,16,17). The van der Waals surface area contributed by atoms with Crippen LogP contribution in [0, 0.1) is 0 Å². The summed E-state index contributed by atoms with van der Waals surface area (Å²) in [5.41, 5.74) is 2.91. The molecule has 2 N–H and O–H groups in total. The molecule has 0 unspecified atom stereocenters. The summed E-state index contributed by atoms with van der Waals surface area (Å²) in [6.45, 7) is 2.09. The second-order valence-corrected chi connectivity index (χ2v) is 5.50. The number of nitrogens with one attached hydrogen (secondary N) is 1. The van der Waals surface area contributed by atoms with Gasteiger partial charge in [-0.1, -0.05) is 6.92 Å². The van der Waals surface area contributed by atoms with Gasteiger partial charge in [0.1, 0.15) is 16.6 Å². The van der Waals surface area contributed by atoms with Crippen molar-refractivity contribution in [2.75, 3.05) is 12.4 Å². The molecule has 0 aliphatic heterocycles. The van der Waals surface area contributed by atoms with Crippen molar-refractivity contribution in [2.45, 2.75) is 13.3 Å². The van der Waals surface area contributed by atoms with Crippen molar-refractivity contribution < 1.29 is 5.11 Å². The number of aryl methyl sites for hydroxylation is 1. The maximum Gasteiger partial charge on any atom is 0.126 e. The first-order chi connectivity index (χ1) is 9.71. The summed E-state index contributed by atoms with van der Waals surface area (Å²) in [5, 5.41) is 13.5. The molecule has 1 aromatic carbocycles. The van der Waals surface area contributed by atoms with Crippen molar-refractivity contribution in [3.05, 3.63) is 36.0 Å². The molecule has 5 heteroatoms. The largest absolute Gasteiger partial charge is 0.508 e. The van der Waals surface area contributed by atoms with Gasteiger partial charge in [-0.05, 0) is 30.7 Å². The van der Waals surface area contributed by atoms with E-state index < -0.39 is 0 Å². The van der Waals surface area contributed by atoms with Gasteiger partial charge >= 0.3 is 0 Å². The zero-order chi connectivity index (χ0) is 14.1. The third kappa shape index (κ3) is 2.20. The number of pyridine rings is 1. The third-order valence-corrected chi connectivity index (χ3v) is 4.24. The fourth-order valence-corrected chi connectivity index (χ4v) is 3.13. The van der Waals surface area contributed by atoms with Gasteiger partial charge in [0, 0.05) is 18.7 Å². The zero-order valence-corrected chi connectivity index (χ0v) is 12.2. The first-order valence-corrected chi connectivity index (χ1v) is 7.30. The van der Waals surface area contributed by atoms with Crippen LogP contribution >= 0.6 is 11.3 Å². The second kappa shape index (κ2) is 5.09. The SMILES string of the molecule is CCc1nc(NC)ccc1-c1nc2cc(O)ccc2s1. The predicted molar refractivity (Wildman–Crippen MR) is 83.4 cm³/mol. The molecule has 3 aromatic rings. The molecule has 0 aliphatic carbocycles. The van der Waals surface area contributed by atoms with Crippen LogP contribution in [0.5, 0.6) is 5.75 Å². The lowest BCUT2D eigenvalue weighted by atomic mass is 10.1. The topological polar surface area (TPSA) is 58.0 Å². The van der Waals surface area contributed by atoms with Crippen LogP contribution in [0.4, 0.5) is 5.82 Å². The van der Waals surface area contributed by atoms with Gasteiger partial charge in [-0.2, -0.15) is 0 Å². The van der Waals surface area contributed by atoms with Crippen LogP contribution in [0.1, 0.15) is 12.6 Å². The lowest BCUT2D eigenvalue weighted by molar-refractivity contribution is 0.476. The van der Waals surface area contributed by atoms with Gasteiger partial charge in [-0.15, -0.1) is 11.3 Å². The Morgan fingerprint density at radius 3 is 2.80 bits per heavy atom. The molecular formula is C15H15N3OS. The van der Waals surface area contributed by atoms with E-state index in [-0.39, 0.29) is 5.75 Å². The fraction of sp³-hybridized carbons (Fsp3) is 0.200. The van der Waals surface area contributed by atoms with Crippen molar-refractivity contribution in [1.29, 1.82) is 0 Å². The molecule has 0 bridgehead atoms. The van der Waals surface area contributed by atoms with Gasteiger partial charge in [0.15, 0.2) is 0 Å². The van der Waals surface area contributed by atoms with E-state index in [0.717, 1.165) is 38.7 Å². The summed E-state index contributed by atoms with van der Waals surface area (Å²) in [4.78, 5) is 9.19. The van der Waals surface area contributed by atoms with Crippen molar-refractivity contribution in [3.63, 3.8) is 0 Å². The average molecular weight is 285 g/mol. The minimum absolute atomic E-state index is 0.244. The molecule has 20 heavy (non-hydrogen) atoms. The number of aromatic nitrogens is 2. The Morgan fingerprint density at radius 1 is 1.20 bits per heavy atom. The second-order valence-electron chi connectivity index (χ2n) is 4.47. The number of phenols is 1. The van der Waals surface area contributed by atoms with Crippen LogP contribution in [0.25, 0.3) is 20.8 Å². The smallest absolute Gasteiger partial charge is 0.126 e. The molecule has 0 aliphatic rings. The van der Waals surface area contributed by atoms with Gasteiger partial charge in [-0.3, -0.25) is 0 Å². The molecule has 0 saturated carbocycles. The van der Waals surface area contributed by atoms with Crippen LogP contribution in [0.3, 0.4) is 0 Å². The van der Waals surface area contributed by atoms with Crippen LogP contribution < -0.4 is 5.32 Å². The van der Waals surface area contributed by atoms with Gasteiger partial charge in [0.25, 0.3) is 0 Å². The Labute approximate surface area is 121 Å². The number of fused-ring (bicyclic) bond motifs is 1. The van der Waals surface area contributed by atoms with Crippen LogP contribution in [-0.2, 0) is 6.42 Å². The van der Waals surface area contributed by atoms with Crippen molar-refractivity contribution in [1.82, 2.24) is 9.97 Å². The van der Waals surface area contributed by atoms with E-state index in [1.165, 1.54) is 0 Å². The minimum atomic E-state index is 0.244. The third-order valence-electron chi connectivity index (χ3n) is 3.17. The van der Waals surface area contributed by atoms with E-state index in [4.69, 9.17) is 0 Å². The van der Waals surface area contributed by atoms with Crippen LogP contribution in [0.2, 0.25) is 0 Å².